The van der Waals surface area contributed by atoms with Crippen LogP contribution in [0.25, 0.3) is 0 Å². The highest BCUT2D eigenvalue weighted by molar-refractivity contribution is 5.79. The molecule has 0 spiro atoms. The van der Waals surface area contributed by atoms with E-state index in [9.17, 15) is 4.79 Å². The number of nitrogens with two attached hydrogens (primary N) is 1. The Morgan fingerprint density at radius 2 is 2.00 bits per heavy atom. The van der Waals surface area contributed by atoms with E-state index in [1.165, 1.54) is 0 Å². The minimum atomic E-state index is 0.234. The molecule has 1 aliphatic rings. The second kappa shape index (κ2) is 7.57. The molecule has 1 heterocycles. The first-order valence-electron chi connectivity index (χ1n) is 7.90. The van der Waals surface area contributed by atoms with E-state index in [-0.39, 0.29) is 5.91 Å². The fraction of sp³-hybridized carbons (Fsp3) is 0.588. The first kappa shape index (κ1) is 16.0. The molecule has 1 saturated heterocycles. The molecule has 1 unspecified atom stereocenters. The second-order valence-corrected chi connectivity index (χ2v) is 5.91. The highest BCUT2D eigenvalue weighted by Gasteiger charge is 2.26. The summed E-state index contributed by atoms with van der Waals surface area (Å²) in [5.74, 6) is 0.234. The number of hydrogen-bond donors (Lipinski definition) is 1. The minimum absolute atomic E-state index is 0.234. The smallest absolute Gasteiger partial charge is 0.227 e. The SMILES string of the molecule is CCC1CN(C)CCCN1C(=O)Cc1ccccc1CN. The number of likely N-dealkylation sites (N-methyl/N-ethyl adjacent to an activating group) is 1. The van der Waals surface area contributed by atoms with Gasteiger partial charge in [0.25, 0.3) is 0 Å². The van der Waals surface area contributed by atoms with Gasteiger partial charge in [0, 0.05) is 25.7 Å². The molecule has 0 radical (unpaired) electrons. The third-order valence-corrected chi connectivity index (χ3v) is 4.37. The van der Waals surface area contributed by atoms with E-state index in [1.807, 2.05) is 24.3 Å². The van der Waals surface area contributed by atoms with Gasteiger partial charge in [0.15, 0.2) is 0 Å². The highest BCUT2D eigenvalue weighted by Crippen LogP contribution is 2.16. The van der Waals surface area contributed by atoms with E-state index in [1.54, 1.807) is 0 Å². The van der Waals surface area contributed by atoms with Gasteiger partial charge in [-0.25, -0.2) is 0 Å². The summed E-state index contributed by atoms with van der Waals surface area (Å²) in [4.78, 5) is 17.1. The van der Waals surface area contributed by atoms with Crippen molar-refractivity contribution in [3.63, 3.8) is 0 Å². The Balaban J connectivity index is 2.10. The molecular weight excluding hydrogens is 262 g/mol. The number of carbonyl (C=O) groups is 1. The number of rotatable bonds is 4. The lowest BCUT2D eigenvalue weighted by Gasteiger charge is -2.30. The van der Waals surface area contributed by atoms with E-state index in [2.05, 4.69) is 23.8 Å². The van der Waals surface area contributed by atoms with Crippen molar-refractivity contribution in [3.05, 3.63) is 35.4 Å². The zero-order chi connectivity index (χ0) is 15.2. The molecule has 21 heavy (non-hydrogen) atoms. The van der Waals surface area contributed by atoms with Crippen molar-refractivity contribution in [2.45, 2.75) is 38.8 Å². The van der Waals surface area contributed by atoms with Crippen molar-refractivity contribution < 1.29 is 4.79 Å². The van der Waals surface area contributed by atoms with Gasteiger partial charge >= 0.3 is 0 Å². The summed E-state index contributed by atoms with van der Waals surface area (Å²) in [6.45, 7) is 5.56. The number of benzene rings is 1. The van der Waals surface area contributed by atoms with Gasteiger partial charge in [-0.1, -0.05) is 31.2 Å². The van der Waals surface area contributed by atoms with Crippen LogP contribution in [0.2, 0.25) is 0 Å². The third-order valence-electron chi connectivity index (χ3n) is 4.37. The molecule has 0 aliphatic carbocycles. The number of hydrogen-bond acceptors (Lipinski definition) is 3. The molecule has 1 aromatic rings. The van der Waals surface area contributed by atoms with Crippen LogP contribution in [-0.2, 0) is 17.8 Å². The van der Waals surface area contributed by atoms with Gasteiger partial charge in [0.2, 0.25) is 5.91 Å². The van der Waals surface area contributed by atoms with E-state index >= 15 is 0 Å². The lowest BCUT2D eigenvalue weighted by molar-refractivity contribution is -0.132. The maximum Gasteiger partial charge on any atom is 0.227 e. The maximum atomic E-state index is 12.7. The summed E-state index contributed by atoms with van der Waals surface area (Å²) in [6, 6.07) is 8.32. The van der Waals surface area contributed by atoms with Gasteiger partial charge in [0.1, 0.15) is 0 Å². The summed E-state index contributed by atoms with van der Waals surface area (Å²) >= 11 is 0. The number of nitrogens with zero attached hydrogens (tertiary/aromatic N) is 2. The zero-order valence-electron chi connectivity index (χ0n) is 13.2. The Kier molecular flexibility index (Phi) is 5.76. The van der Waals surface area contributed by atoms with Crippen molar-refractivity contribution in [2.75, 3.05) is 26.7 Å². The first-order valence-corrected chi connectivity index (χ1v) is 7.90. The summed E-state index contributed by atoms with van der Waals surface area (Å²) in [5, 5.41) is 0. The Bertz CT molecular complexity index is 475. The standard InChI is InChI=1S/C17H27N3O/c1-3-16-13-19(2)9-6-10-20(16)17(21)11-14-7-4-5-8-15(14)12-18/h4-5,7-8,16H,3,6,9-13,18H2,1-2H3. The molecule has 0 saturated carbocycles. The Hall–Kier alpha value is -1.39. The number of carbonyl (C=O) groups excluding carboxylic acids is 1. The summed E-state index contributed by atoms with van der Waals surface area (Å²) in [5.41, 5.74) is 7.91. The van der Waals surface area contributed by atoms with Crippen molar-refractivity contribution in [1.29, 1.82) is 0 Å². The van der Waals surface area contributed by atoms with Crippen LogP contribution in [0, 0.1) is 0 Å². The lowest BCUT2D eigenvalue weighted by Crippen LogP contribution is -2.44. The van der Waals surface area contributed by atoms with Gasteiger partial charge in [-0.05, 0) is 37.6 Å². The van der Waals surface area contributed by atoms with Crippen LogP contribution in [0.3, 0.4) is 0 Å². The molecule has 1 fully saturated rings. The molecule has 1 aromatic carbocycles. The summed E-state index contributed by atoms with van der Waals surface area (Å²) in [6.07, 6.45) is 2.53. The first-order chi connectivity index (χ1) is 10.2. The summed E-state index contributed by atoms with van der Waals surface area (Å²) in [7, 11) is 2.14. The van der Waals surface area contributed by atoms with Crippen LogP contribution in [0.4, 0.5) is 0 Å². The monoisotopic (exact) mass is 289 g/mol. The van der Waals surface area contributed by atoms with Crippen LogP contribution < -0.4 is 5.73 Å². The van der Waals surface area contributed by atoms with Crippen molar-refractivity contribution in [3.8, 4) is 0 Å². The van der Waals surface area contributed by atoms with Crippen molar-refractivity contribution >= 4 is 5.91 Å². The molecule has 2 rings (SSSR count). The van der Waals surface area contributed by atoms with Crippen LogP contribution in [0.1, 0.15) is 30.9 Å². The average molecular weight is 289 g/mol. The van der Waals surface area contributed by atoms with Crippen molar-refractivity contribution in [1.82, 2.24) is 9.80 Å². The topological polar surface area (TPSA) is 49.6 Å². The lowest BCUT2D eigenvalue weighted by atomic mass is 10.0. The minimum Gasteiger partial charge on any atom is -0.338 e. The molecule has 1 aliphatic heterocycles. The second-order valence-electron chi connectivity index (χ2n) is 5.91. The van der Waals surface area contributed by atoms with E-state index in [4.69, 9.17) is 5.73 Å². The van der Waals surface area contributed by atoms with E-state index < -0.39 is 0 Å². The predicted molar refractivity (Wildman–Crippen MR) is 85.9 cm³/mol. The Morgan fingerprint density at radius 1 is 1.29 bits per heavy atom. The highest BCUT2D eigenvalue weighted by atomic mass is 16.2. The Labute approximate surface area is 127 Å². The molecule has 4 nitrogen and oxygen atoms in total. The molecule has 1 atom stereocenters. The van der Waals surface area contributed by atoms with Crippen LogP contribution in [-0.4, -0.2) is 48.4 Å². The fourth-order valence-corrected chi connectivity index (χ4v) is 3.11. The predicted octanol–water partition coefficient (Wildman–Crippen LogP) is 1.63. The molecule has 4 heteroatoms. The van der Waals surface area contributed by atoms with Gasteiger partial charge in [0.05, 0.1) is 6.42 Å². The zero-order valence-corrected chi connectivity index (χ0v) is 13.2. The molecular formula is C17H27N3O. The van der Waals surface area contributed by atoms with Crippen molar-refractivity contribution in [2.24, 2.45) is 5.73 Å². The van der Waals surface area contributed by atoms with Gasteiger partial charge in [-0.3, -0.25) is 4.79 Å². The largest absolute Gasteiger partial charge is 0.338 e. The fourth-order valence-electron chi connectivity index (χ4n) is 3.11. The molecule has 0 aromatic heterocycles. The molecule has 0 bridgehead atoms. The molecule has 1 amide bonds. The maximum absolute atomic E-state index is 12.7. The molecule has 2 N–H and O–H groups in total. The molecule has 116 valence electrons. The van der Waals surface area contributed by atoms with E-state index in [0.717, 1.165) is 43.6 Å². The third kappa shape index (κ3) is 4.05. The number of amides is 1. The van der Waals surface area contributed by atoms with Gasteiger partial charge in [-0.2, -0.15) is 0 Å². The van der Waals surface area contributed by atoms with Gasteiger partial charge < -0.3 is 15.5 Å². The quantitative estimate of drug-likeness (QED) is 0.916. The van der Waals surface area contributed by atoms with Crippen LogP contribution in [0.15, 0.2) is 24.3 Å². The van der Waals surface area contributed by atoms with Crippen LogP contribution >= 0.6 is 0 Å². The summed E-state index contributed by atoms with van der Waals surface area (Å²) < 4.78 is 0. The normalized spacial score (nSPS) is 20.3. The Morgan fingerprint density at radius 3 is 2.67 bits per heavy atom. The van der Waals surface area contributed by atoms with E-state index in [0.29, 0.717) is 19.0 Å². The van der Waals surface area contributed by atoms with Crippen LogP contribution in [0.5, 0.6) is 0 Å². The average Bonchev–Trinajstić information content (AvgIpc) is 2.69. The van der Waals surface area contributed by atoms with Gasteiger partial charge in [-0.15, -0.1) is 0 Å².